The van der Waals surface area contributed by atoms with Crippen LogP contribution in [0.15, 0.2) is 36.5 Å². The fraction of sp³-hybridized carbons (Fsp3) is 0.440. The molecule has 2 amide bonds. The van der Waals surface area contributed by atoms with E-state index in [9.17, 15) is 18.8 Å². The van der Waals surface area contributed by atoms with Gasteiger partial charge in [0.05, 0.1) is 24.3 Å². The average Bonchev–Trinajstić information content (AvgIpc) is 2.81. The number of hydrogen-bond donors (Lipinski definition) is 1. The van der Waals surface area contributed by atoms with Gasteiger partial charge < -0.3 is 14.4 Å². The van der Waals surface area contributed by atoms with Crippen LogP contribution in [0.2, 0.25) is 0 Å². The van der Waals surface area contributed by atoms with Crippen LogP contribution in [0.25, 0.3) is 11.3 Å². The van der Waals surface area contributed by atoms with E-state index in [0.717, 1.165) is 11.4 Å². The minimum Gasteiger partial charge on any atom is -0.465 e. The SMILES string of the molecule is COC(=O)c1ccnc(-c2cc(F)cc(N3CCCC(C(=O)N(C)NC(=O)OC(C)(C)C)C3)c2)c1. The Morgan fingerprint density at radius 1 is 1.20 bits per heavy atom. The lowest BCUT2D eigenvalue weighted by molar-refractivity contribution is -0.137. The number of amides is 2. The van der Waals surface area contributed by atoms with E-state index in [1.54, 1.807) is 32.9 Å². The molecule has 1 atom stereocenters. The zero-order chi connectivity index (χ0) is 25.8. The number of ether oxygens (including phenoxy) is 2. The fourth-order valence-electron chi connectivity index (χ4n) is 3.92. The Morgan fingerprint density at radius 2 is 1.94 bits per heavy atom. The lowest BCUT2D eigenvalue weighted by Gasteiger charge is -2.35. The molecule has 0 radical (unpaired) electrons. The van der Waals surface area contributed by atoms with E-state index in [2.05, 4.69) is 10.4 Å². The van der Waals surface area contributed by atoms with Crippen LogP contribution < -0.4 is 10.3 Å². The molecule has 1 unspecified atom stereocenters. The number of benzene rings is 1. The number of anilines is 1. The predicted molar refractivity (Wildman–Crippen MR) is 128 cm³/mol. The Morgan fingerprint density at radius 3 is 2.63 bits per heavy atom. The summed E-state index contributed by atoms with van der Waals surface area (Å²) in [5.74, 6) is -1.62. The first-order chi connectivity index (χ1) is 16.5. The molecule has 1 aliphatic heterocycles. The summed E-state index contributed by atoms with van der Waals surface area (Å²) in [4.78, 5) is 43.1. The van der Waals surface area contributed by atoms with Gasteiger partial charge in [-0.05, 0) is 63.9 Å². The minimum atomic E-state index is -0.711. The standard InChI is InChI=1S/C25H31FN4O5/c1-25(2,3)35-24(33)28-29(4)22(31)17-7-6-10-30(15-17)20-12-18(11-19(26)14-20)21-13-16(8-9-27-21)23(32)34-5/h8-9,11-14,17H,6-7,10,15H2,1-5H3,(H,28,33). The predicted octanol–water partition coefficient (Wildman–Crippen LogP) is 3.79. The number of carbonyl (C=O) groups excluding carboxylic acids is 3. The third-order valence-corrected chi connectivity index (χ3v) is 5.48. The van der Waals surface area contributed by atoms with Crippen molar-refractivity contribution in [2.75, 3.05) is 32.1 Å². The third kappa shape index (κ3) is 6.91. The highest BCUT2D eigenvalue weighted by molar-refractivity contribution is 5.90. The van der Waals surface area contributed by atoms with Crippen molar-refractivity contribution in [2.24, 2.45) is 5.92 Å². The lowest BCUT2D eigenvalue weighted by atomic mass is 9.96. The molecule has 1 aromatic carbocycles. The van der Waals surface area contributed by atoms with E-state index in [1.165, 1.54) is 38.6 Å². The topological polar surface area (TPSA) is 101 Å². The van der Waals surface area contributed by atoms with Crippen LogP contribution in [0.3, 0.4) is 0 Å². The number of carbonyl (C=O) groups is 3. The van der Waals surface area contributed by atoms with Gasteiger partial charge in [0.15, 0.2) is 0 Å². The minimum absolute atomic E-state index is 0.260. The number of aromatic nitrogens is 1. The van der Waals surface area contributed by atoms with Gasteiger partial charge >= 0.3 is 12.1 Å². The second-order valence-electron chi connectivity index (χ2n) is 9.42. The molecule has 10 heteroatoms. The van der Waals surface area contributed by atoms with Crippen LogP contribution in [0.1, 0.15) is 44.0 Å². The summed E-state index contributed by atoms with van der Waals surface area (Å²) >= 11 is 0. The monoisotopic (exact) mass is 486 g/mol. The molecular weight excluding hydrogens is 455 g/mol. The molecular formula is C25H31FN4O5. The first-order valence-electron chi connectivity index (χ1n) is 11.3. The summed E-state index contributed by atoms with van der Waals surface area (Å²) in [7, 11) is 2.77. The van der Waals surface area contributed by atoms with Crippen LogP contribution in [0, 0.1) is 11.7 Å². The molecule has 0 spiro atoms. The third-order valence-electron chi connectivity index (χ3n) is 5.48. The number of pyridine rings is 1. The maximum atomic E-state index is 14.6. The molecule has 2 heterocycles. The summed E-state index contributed by atoms with van der Waals surface area (Å²) in [5, 5.41) is 1.14. The zero-order valence-electron chi connectivity index (χ0n) is 20.6. The Bertz CT molecular complexity index is 1100. The van der Waals surface area contributed by atoms with Crippen molar-refractivity contribution < 1.29 is 28.2 Å². The van der Waals surface area contributed by atoms with Crippen molar-refractivity contribution in [3.63, 3.8) is 0 Å². The highest BCUT2D eigenvalue weighted by Gasteiger charge is 2.30. The number of nitrogens with one attached hydrogen (secondary N) is 1. The van der Waals surface area contributed by atoms with Gasteiger partial charge in [0.2, 0.25) is 5.91 Å². The number of esters is 1. The molecule has 2 aromatic rings. The van der Waals surface area contributed by atoms with Crippen molar-refractivity contribution in [2.45, 2.75) is 39.2 Å². The Hall–Kier alpha value is -3.69. The molecule has 1 saturated heterocycles. The number of rotatable bonds is 4. The Labute approximate surface area is 204 Å². The molecule has 1 N–H and O–H groups in total. The molecule has 0 bridgehead atoms. The number of methoxy groups -OCH3 is 1. The Balaban J connectivity index is 1.75. The van der Waals surface area contributed by atoms with E-state index in [4.69, 9.17) is 9.47 Å². The zero-order valence-corrected chi connectivity index (χ0v) is 20.6. The summed E-state index contributed by atoms with van der Waals surface area (Å²) in [6.45, 7) is 6.22. The van der Waals surface area contributed by atoms with Crippen molar-refractivity contribution in [3.05, 3.63) is 47.9 Å². The lowest BCUT2D eigenvalue weighted by Crippen LogP contribution is -2.50. The highest BCUT2D eigenvalue weighted by Crippen LogP contribution is 2.29. The van der Waals surface area contributed by atoms with Crippen molar-refractivity contribution in [1.82, 2.24) is 15.4 Å². The van der Waals surface area contributed by atoms with Crippen LogP contribution in [-0.2, 0) is 14.3 Å². The van der Waals surface area contributed by atoms with Crippen LogP contribution in [0.5, 0.6) is 0 Å². The number of hydrogen-bond acceptors (Lipinski definition) is 7. The first kappa shape index (κ1) is 25.9. The van der Waals surface area contributed by atoms with Crippen LogP contribution in [0.4, 0.5) is 14.9 Å². The summed E-state index contributed by atoms with van der Waals surface area (Å²) in [5.41, 5.74) is 3.61. The number of piperidine rings is 1. The second-order valence-corrected chi connectivity index (χ2v) is 9.42. The average molecular weight is 487 g/mol. The maximum Gasteiger partial charge on any atom is 0.426 e. The molecule has 0 aliphatic carbocycles. The molecule has 188 valence electrons. The van der Waals surface area contributed by atoms with E-state index >= 15 is 0 Å². The molecule has 0 saturated carbocycles. The molecule has 1 fully saturated rings. The molecule has 1 aliphatic rings. The van der Waals surface area contributed by atoms with Gasteiger partial charge in [0.1, 0.15) is 11.4 Å². The molecule has 1 aromatic heterocycles. The van der Waals surface area contributed by atoms with Gasteiger partial charge in [-0.15, -0.1) is 0 Å². The maximum absolute atomic E-state index is 14.6. The molecule has 9 nitrogen and oxygen atoms in total. The van der Waals surface area contributed by atoms with Crippen molar-refractivity contribution >= 4 is 23.7 Å². The van der Waals surface area contributed by atoms with Crippen molar-refractivity contribution in [1.29, 1.82) is 0 Å². The van der Waals surface area contributed by atoms with Gasteiger partial charge in [-0.25, -0.2) is 19.4 Å². The quantitative estimate of drug-likeness (QED) is 0.518. The Kier molecular flexibility index (Phi) is 7.93. The van der Waals surface area contributed by atoms with E-state index in [0.29, 0.717) is 42.0 Å². The number of nitrogens with zero attached hydrogens (tertiary/aromatic N) is 3. The summed E-state index contributed by atoms with van der Waals surface area (Å²) in [6, 6.07) is 7.60. The van der Waals surface area contributed by atoms with Gasteiger partial charge in [-0.2, -0.15) is 0 Å². The largest absolute Gasteiger partial charge is 0.465 e. The van der Waals surface area contributed by atoms with E-state index in [1.807, 2.05) is 4.90 Å². The number of hydrazine groups is 1. The van der Waals surface area contributed by atoms with Gasteiger partial charge in [0.25, 0.3) is 0 Å². The fourth-order valence-corrected chi connectivity index (χ4v) is 3.92. The summed E-state index contributed by atoms with van der Waals surface area (Å²) < 4.78 is 24.5. The van der Waals surface area contributed by atoms with Gasteiger partial charge in [-0.1, -0.05) is 0 Å². The molecule has 3 rings (SSSR count). The second kappa shape index (κ2) is 10.7. The van der Waals surface area contributed by atoms with Crippen LogP contribution >= 0.6 is 0 Å². The smallest absolute Gasteiger partial charge is 0.426 e. The van der Waals surface area contributed by atoms with E-state index in [-0.39, 0.29) is 5.91 Å². The van der Waals surface area contributed by atoms with Crippen LogP contribution in [-0.4, -0.2) is 60.8 Å². The van der Waals surface area contributed by atoms with Gasteiger partial charge in [-0.3, -0.25) is 14.8 Å². The number of halogens is 1. The van der Waals surface area contributed by atoms with Crippen molar-refractivity contribution in [3.8, 4) is 11.3 Å². The van der Waals surface area contributed by atoms with E-state index < -0.39 is 29.4 Å². The highest BCUT2D eigenvalue weighted by atomic mass is 19.1. The molecule has 35 heavy (non-hydrogen) atoms. The summed E-state index contributed by atoms with van der Waals surface area (Å²) in [6.07, 6.45) is 2.12. The normalized spacial score (nSPS) is 15.8. The first-order valence-corrected chi connectivity index (χ1v) is 11.3. The van der Waals surface area contributed by atoms with Gasteiger partial charge in [0, 0.05) is 37.6 Å².